The van der Waals surface area contributed by atoms with E-state index < -0.39 is 0 Å². The summed E-state index contributed by atoms with van der Waals surface area (Å²) in [5.41, 5.74) is 4.44. The second-order valence-electron chi connectivity index (χ2n) is 7.08. The van der Waals surface area contributed by atoms with Gasteiger partial charge in [0.25, 0.3) is 5.91 Å². The van der Waals surface area contributed by atoms with E-state index in [4.69, 9.17) is 26.1 Å². The van der Waals surface area contributed by atoms with Crippen LogP contribution in [0, 0.1) is 6.92 Å². The van der Waals surface area contributed by atoms with Gasteiger partial charge in [0.15, 0.2) is 10.7 Å². The molecule has 32 heavy (non-hydrogen) atoms. The molecule has 0 aliphatic heterocycles. The van der Waals surface area contributed by atoms with Crippen molar-refractivity contribution in [2.24, 2.45) is 0 Å². The highest BCUT2D eigenvalue weighted by Crippen LogP contribution is 2.26. The Labute approximate surface area is 190 Å². The molecular formula is C24H21N3O4S. The topological polar surface area (TPSA) is 85.6 Å². The molecule has 0 saturated heterocycles. The Morgan fingerprint density at radius 2 is 1.66 bits per heavy atom. The molecule has 4 aromatic rings. The lowest BCUT2D eigenvalue weighted by Crippen LogP contribution is -2.34. The molecule has 4 rings (SSSR count). The molecule has 0 spiro atoms. The number of aromatic nitrogens is 1. The summed E-state index contributed by atoms with van der Waals surface area (Å²) in [5.74, 6) is 1.17. The monoisotopic (exact) mass is 447 g/mol. The summed E-state index contributed by atoms with van der Waals surface area (Å²) >= 11 is 5.30. The maximum absolute atomic E-state index is 12.6. The number of anilines is 1. The smallest absolute Gasteiger partial charge is 0.257 e. The van der Waals surface area contributed by atoms with Crippen molar-refractivity contribution in [2.75, 3.05) is 19.5 Å². The summed E-state index contributed by atoms with van der Waals surface area (Å²) in [6, 6.07) is 18.3. The lowest BCUT2D eigenvalue weighted by Gasteiger charge is -2.11. The Morgan fingerprint density at radius 1 is 0.969 bits per heavy atom. The second kappa shape index (κ2) is 9.07. The Morgan fingerprint density at radius 3 is 2.31 bits per heavy atom. The van der Waals surface area contributed by atoms with Gasteiger partial charge in [-0.15, -0.1) is 0 Å². The number of rotatable bonds is 5. The van der Waals surface area contributed by atoms with Gasteiger partial charge in [-0.3, -0.25) is 10.1 Å². The molecule has 0 aliphatic carbocycles. The van der Waals surface area contributed by atoms with Gasteiger partial charge in [-0.1, -0.05) is 17.7 Å². The molecule has 0 atom stereocenters. The molecule has 2 N–H and O–H groups in total. The van der Waals surface area contributed by atoms with Crippen LogP contribution in [0.2, 0.25) is 0 Å². The van der Waals surface area contributed by atoms with Crippen molar-refractivity contribution in [3.63, 3.8) is 0 Å². The standard InChI is InChI=1S/C24H21N3O4S/c1-14-4-6-15(7-5-14)23-26-20-12-17(8-9-21(20)31-23)25-24(32)27-22(28)16-10-18(29-2)13-19(11-16)30-3/h4-13H,1-3H3,(H2,25,27,28,32). The van der Waals surface area contributed by atoms with Gasteiger partial charge >= 0.3 is 0 Å². The number of benzene rings is 3. The average molecular weight is 448 g/mol. The Balaban J connectivity index is 1.47. The number of carbonyl (C=O) groups is 1. The van der Waals surface area contributed by atoms with E-state index in [0.717, 1.165) is 5.56 Å². The van der Waals surface area contributed by atoms with Crippen LogP contribution in [0.5, 0.6) is 11.5 Å². The number of amides is 1. The van der Waals surface area contributed by atoms with E-state index in [1.54, 1.807) is 30.3 Å². The number of aryl methyl sites for hydroxylation is 1. The van der Waals surface area contributed by atoms with Crippen molar-refractivity contribution in [1.82, 2.24) is 10.3 Å². The fraction of sp³-hybridized carbons (Fsp3) is 0.125. The molecule has 0 unspecified atom stereocenters. The van der Waals surface area contributed by atoms with E-state index in [0.29, 0.717) is 39.7 Å². The van der Waals surface area contributed by atoms with Crippen molar-refractivity contribution < 1.29 is 18.7 Å². The number of nitrogens with zero attached hydrogens (tertiary/aromatic N) is 1. The third-order valence-electron chi connectivity index (χ3n) is 4.78. The number of oxazole rings is 1. The molecule has 162 valence electrons. The van der Waals surface area contributed by atoms with E-state index in [2.05, 4.69) is 15.6 Å². The van der Waals surface area contributed by atoms with E-state index in [9.17, 15) is 4.79 Å². The van der Waals surface area contributed by atoms with Crippen LogP contribution in [0.25, 0.3) is 22.6 Å². The number of fused-ring (bicyclic) bond motifs is 1. The van der Waals surface area contributed by atoms with Crippen LogP contribution in [0.3, 0.4) is 0 Å². The van der Waals surface area contributed by atoms with E-state index in [1.807, 2.05) is 37.3 Å². The zero-order valence-corrected chi connectivity index (χ0v) is 18.6. The van der Waals surface area contributed by atoms with Crippen molar-refractivity contribution in [1.29, 1.82) is 0 Å². The van der Waals surface area contributed by atoms with Crippen LogP contribution in [-0.4, -0.2) is 30.2 Å². The Hall–Kier alpha value is -3.91. The van der Waals surface area contributed by atoms with Crippen molar-refractivity contribution >= 4 is 40.0 Å². The Kier molecular flexibility index (Phi) is 6.04. The van der Waals surface area contributed by atoms with Crippen LogP contribution in [-0.2, 0) is 0 Å². The number of ether oxygens (including phenoxy) is 2. The molecule has 1 amide bonds. The quantitative estimate of drug-likeness (QED) is 0.419. The van der Waals surface area contributed by atoms with Gasteiger partial charge < -0.3 is 19.2 Å². The average Bonchev–Trinajstić information content (AvgIpc) is 3.22. The van der Waals surface area contributed by atoms with Gasteiger partial charge in [0.2, 0.25) is 5.89 Å². The summed E-state index contributed by atoms with van der Waals surface area (Å²) in [5, 5.41) is 5.81. The zero-order chi connectivity index (χ0) is 22.7. The summed E-state index contributed by atoms with van der Waals surface area (Å²) < 4.78 is 16.3. The first-order valence-electron chi connectivity index (χ1n) is 9.78. The minimum atomic E-state index is -0.385. The highest BCUT2D eigenvalue weighted by Gasteiger charge is 2.13. The van der Waals surface area contributed by atoms with E-state index in [-0.39, 0.29) is 11.0 Å². The number of methoxy groups -OCH3 is 2. The largest absolute Gasteiger partial charge is 0.497 e. The van der Waals surface area contributed by atoms with Gasteiger partial charge in [0.1, 0.15) is 17.0 Å². The normalized spacial score (nSPS) is 10.6. The molecule has 1 aromatic heterocycles. The predicted octanol–water partition coefficient (Wildman–Crippen LogP) is 4.95. The zero-order valence-electron chi connectivity index (χ0n) is 17.8. The summed E-state index contributed by atoms with van der Waals surface area (Å²) in [6.45, 7) is 2.03. The van der Waals surface area contributed by atoms with Gasteiger partial charge in [0, 0.05) is 22.9 Å². The van der Waals surface area contributed by atoms with Gasteiger partial charge in [-0.2, -0.15) is 0 Å². The molecule has 0 bridgehead atoms. The number of carbonyl (C=O) groups excluding carboxylic acids is 1. The minimum Gasteiger partial charge on any atom is -0.497 e. The Bertz CT molecular complexity index is 1280. The number of thiocarbonyl (C=S) groups is 1. The molecule has 0 saturated carbocycles. The molecule has 8 heteroatoms. The number of hydrogen-bond donors (Lipinski definition) is 2. The van der Waals surface area contributed by atoms with Crippen molar-refractivity contribution in [3.8, 4) is 23.0 Å². The second-order valence-corrected chi connectivity index (χ2v) is 7.49. The molecule has 7 nitrogen and oxygen atoms in total. The third kappa shape index (κ3) is 4.70. The molecule has 0 aliphatic rings. The lowest BCUT2D eigenvalue weighted by molar-refractivity contribution is 0.0977. The minimum absolute atomic E-state index is 0.151. The SMILES string of the molecule is COc1cc(OC)cc(C(=O)NC(=S)Nc2ccc3oc(-c4ccc(C)cc4)nc3c2)c1. The van der Waals surface area contributed by atoms with Crippen LogP contribution in [0.15, 0.2) is 65.1 Å². The van der Waals surface area contributed by atoms with Crippen LogP contribution in [0.4, 0.5) is 5.69 Å². The van der Waals surface area contributed by atoms with Crippen molar-refractivity contribution in [2.45, 2.75) is 6.92 Å². The van der Waals surface area contributed by atoms with Gasteiger partial charge in [-0.05, 0) is 61.6 Å². The molecule has 0 radical (unpaired) electrons. The maximum Gasteiger partial charge on any atom is 0.257 e. The molecule has 1 heterocycles. The summed E-state index contributed by atoms with van der Waals surface area (Å²) in [4.78, 5) is 17.2. The van der Waals surface area contributed by atoms with Crippen LogP contribution in [0.1, 0.15) is 15.9 Å². The summed E-state index contributed by atoms with van der Waals surface area (Å²) in [6.07, 6.45) is 0. The molecular weight excluding hydrogens is 426 g/mol. The van der Waals surface area contributed by atoms with E-state index in [1.165, 1.54) is 19.8 Å². The highest BCUT2D eigenvalue weighted by molar-refractivity contribution is 7.80. The van der Waals surface area contributed by atoms with E-state index >= 15 is 0 Å². The van der Waals surface area contributed by atoms with Crippen molar-refractivity contribution in [3.05, 3.63) is 71.8 Å². The first kappa shape index (κ1) is 21.3. The first-order valence-corrected chi connectivity index (χ1v) is 10.2. The molecule has 0 fully saturated rings. The predicted molar refractivity (Wildman–Crippen MR) is 127 cm³/mol. The number of hydrogen-bond acceptors (Lipinski definition) is 6. The van der Waals surface area contributed by atoms with Crippen LogP contribution < -0.4 is 20.1 Å². The maximum atomic E-state index is 12.6. The fourth-order valence-electron chi connectivity index (χ4n) is 3.10. The fourth-order valence-corrected chi connectivity index (χ4v) is 3.31. The van der Waals surface area contributed by atoms with Gasteiger partial charge in [-0.25, -0.2) is 4.98 Å². The third-order valence-corrected chi connectivity index (χ3v) is 4.99. The number of nitrogens with one attached hydrogen (secondary N) is 2. The summed E-state index contributed by atoms with van der Waals surface area (Å²) in [7, 11) is 3.04. The highest BCUT2D eigenvalue weighted by atomic mass is 32.1. The molecule has 3 aromatic carbocycles. The van der Waals surface area contributed by atoms with Gasteiger partial charge in [0.05, 0.1) is 14.2 Å². The first-order chi connectivity index (χ1) is 15.4. The lowest BCUT2D eigenvalue weighted by atomic mass is 10.1. The van der Waals surface area contributed by atoms with Crippen LogP contribution >= 0.6 is 12.2 Å².